The molecule has 1 aromatic heterocycles. The first-order valence-electron chi connectivity index (χ1n) is 4.74. The molecule has 15 heavy (non-hydrogen) atoms. The number of nitrogens with one attached hydrogen (secondary N) is 1. The summed E-state index contributed by atoms with van der Waals surface area (Å²) in [6.07, 6.45) is -1.33. The molecule has 5 heteroatoms. The maximum absolute atomic E-state index is 11.8. The molecule has 0 amide bonds. The molecular weight excluding hydrogens is 205 g/mol. The van der Waals surface area contributed by atoms with Crippen LogP contribution in [0, 0.1) is 0 Å². The first kappa shape index (κ1) is 12.0. The fraction of sp³-hybridized carbons (Fsp3) is 0.500. The molecule has 0 radical (unpaired) electrons. The van der Waals surface area contributed by atoms with Crippen LogP contribution in [-0.2, 0) is 6.54 Å². The first-order valence-corrected chi connectivity index (χ1v) is 4.74. The average molecular weight is 218 g/mol. The van der Waals surface area contributed by atoms with Crippen LogP contribution in [0.1, 0.15) is 18.4 Å². The van der Waals surface area contributed by atoms with Gasteiger partial charge in [0.1, 0.15) is 0 Å². The van der Waals surface area contributed by atoms with Crippen molar-refractivity contribution in [3.8, 4) is 0 Å². The summed E-state index contributed by atoms with van der Waals surface area (Å²) in [6.45, 7) is 0.961. The number of hydrogen-bond acceptors (Lipinski definition) is 2. The lowest BCUT2D eigenvalue weighted by atomic mass is 10.2. The highest BCUT2D eigenvalue weighted by molar-refractivity contribution is 5.08. The highest BCUT2D eigenvalue weighted by Gasteiger charge is 2.25. The minimum absolute atomic E-state index is 0.120. The molecule has 0 saturated heterocycles. The van der Waals surface area contributed by atoms with E-state index < -0.39 is 12.6 Å². The summed E-state index contributed by atoms with van der Waals surface area (Å²) < 4.78 is 35.3. The van der Waals surface area contributed by atoms with Gasteiger partial charge in [-0.3, -0.25) is 4.98 Å². The standard InChI is InChI=1S/C10H13F3N2/c11-10(12,13)4-1-5-15-8-9-2-6-14-7-3-9/h2-3,6-7,15H,1,4-5,8H2. The minimum atomic E-state index is -4.04. The van der Waals surface area contributed by atoms with Gasteiger partial charge in [0.2, 0.25) is 0 Å². The maximum Gasteiger partial charge on any atom is 0.389 e. The Labute approximate surface area is 86.5 Å². The molecule has 0 bridgehead atoms. The summed E-state index contributed by atoms with van der Waals surface area (Å²) in [6, 6.07) is 3.66. The molecule has 1 aromatic rings. The van der Waals surface area contributed by atoms with E-state index in [9.17, 15) is 13.2 Å². The summed E-state index contributed by atoms with van der Waals surface area (Å²) in [5.41, 5.74) is 1.03. The maximum atomic E-state index is 11.8. The van der Waals surface area contributed by atoms with Gasteiger partial charge in [-0.1, -0.05) is 0 Å². The zero-order valence-electron chi connectivity index (χ0n) is 8.22. The fourth-order valence-electron chi connectivity index (χ4n) is 1.15. The average Bonchev–Trinajstić information content (AvgIpc) is 2.17. The van der Waals surface area contributed by atoms with Crippen molar-refractivity contribution in [2.45, 2.75) is 25.6 Å². The van der Waals surface area contributed by atoms with Crippen molar-refractivity contribution < 1.29 is 13.2 Å². The fourth-order valence-corrected chi connectivity index (χ4v) is 1.15. The van der Waals surface area contributed by atoms with Gasteiger partial charge in [-0.05, 0) is 30.7 Å². The highest BCUT2D eigenvalue weighted by Crippen LogP contribution is 2.20. The Morgan fingerprint density at radius 1 is 1.20 bits per heavy atom. The van der Waals surface area contributed by atoms with Gasteiger partial charge < -0.3 is 5.32 Å². The molecule has 0 aliphatic carbocycles. The zero-order chi connectivity index (χ0) is 11.1. The van der Waals surface area contributed by atoms with Crippen LogP contribution in [0.3, 0.4) is 0 Å². The molecule has 0 spiro atoms. The van der Waals surface area contributed by atoms with Gasteiger partial charge in [0, 0.05) is 25.4 Å². The van der Waals surface area contributed by atoms with E-state index in [1.807, 2.05) is 12.1 Å². The van der Waals surface area contributed by atoms with E-state index in [-0.39, 0.29) is 6.42 Å². The second-order valence-corrected chi connectivity index (χ2v) is 3.25. The molecule has 0 aromatic carbocycles. The molecular formula is C10H13F3N2. The van der Waals surface area contributed by atoms with Crippen LogP contribution in [0.15, 0.2) is 24.5 Å². The summed E-state index contributed by atoms with van der Waals surface area (Å²) in [5, 5.41) is 2.95. The van der Waals surface area contributed by atoms with Crippen LogP contribution in [0.25, 0.3) is 0 Å². The summed E-state index contributed by atoms with van der Waals surface area (Å²) in [7, 11) is 0. The molecule has 0 fully saturated rings. The van der Waals surface area contributed by atoms with Crippen molar-refractivity contribution in [1.29, 1.82) is 0 Å². The Hall–Kier alpha value is -1.10. The normalized spacial score (nSPS) is 11.7. The van der Waals surface area contributed by atoms with Gasteiger partial charge in [0.25, 0.3) is 0 Å². The van der Waals surface area contributed by atoms with Crippen LogP contribution >= 0.6 is 0 Å². The molecule has 0 saturated carbocycles. The van der Waals surface area contributed by atoms with E-state index in [0.29, 0.717) is 13.1 Å². The van der Waals surface area contributed by atoms with E-state index in [1.54, 1.807) is 12.4 Å². The molecule has 0 unspecified atom stereocenters. The first-order chi connectivity index (χ1) is 7.08. The van der Waals surface area contributed by atoms with Crippen LogP contribution < -0.4 is 5.32 Å². The number of pyridine rings is 1. The van der Waals surface area contributed by atoms with Crippen LogP contribution in [0.5, 0.6) is 0 Å². The van der Waals surface area contributed by atoms with Crippen molar-refractivity contribution in [3.63, 3.8) is 0 Å². The number of halogens is 3. The Morgan fingerprint density at radius 2 is 1.87 bits per heavy atom. The van der Waals surface area contributed by atoms with Crippen molar-refractivity contribution in [2.75, 3.05) is 6.54 Å². The van der Waals surface area contributed by atoms with E-state index in [1.165, 1.54) is 0 Å². The van der Waals surface area contributed by atoms with Gasteiger partial charge in [-0.2, -0.15) is 13.2 Å². The number of hydrogen-bond donors (Lipinski definition) is 1. The van der Waals surface area contributed by atoms with Crippen LogP contribution in [0.2, 0.25) is 0 Å². The van der Waals surface area contributed by atoms with Gasteiger partial charge in [0.15, 0.2) is 0 Å². The lowest BCUT2D eigenvalue weighted by molar-refractivity contribution is -0.135. The van der Waals surface area contributed by atoms with E-state index in [4.69, 9.17) is 0 Å². The highest BCUT2D eigenvalue weighted by atomic mass is 19.4. The number of alkyl halides is 3. The minimum Gasteiger partial charge on any atom is -0.313 e. The lowest BCUT2D eigenvalue weighted by Gasteiger charge is -2.07. The summed E-state index contributed by atoms with van der Waals surface area (Å²) in [5.74, 6) is 0. The molecule has 0 aliphatic heterocycles. The Kier molecular flexibility index (Phi) is 4.55. The predicted octanol–water partition coefficient (Wildman–Crippen LogP) is 2.51. The van der Waals surface area contributed by atoms with E-state index in [2.05, 4.69) is 10.3 Å². The molecule has 1 N–H and O–H groups in total. The summed E-state index contributed by atoms with van der Waals surface area (Å²) >= 11 is 0. The number of aromatic nitrogens is 1. The van der Waals surface area contributed by atoms with Crippen molar-refractivity contribution in [2.24, 2.45) is 0 Å². The third-order valence-electron chi connectivity index (χ3n) is 1.89. The number of rotatable bonds is 5. The molecule has 2 nitrogen and oxygen atoms in total. The van der Waals surface area contributed by atoms with E-state index >= 15 is 0 Å². The third-order valence-corrected chi connectivity index (χ3v) is 1.89. The Morgan fingerprint density at radius 3 is 2.47 bits per heavy atom. The second kappa shape index (κ2) is 5.70. The topological polar surface area (TPSA) is 24.9 Å². The molecule has 0 aliphatic rings. The smallest absolute Gasteiger partial charge is 0.313 e. The van der Waals surface area contributed by atoms with Crippen molar-refractivity contribution in [1.82, 2.24) is 10.3 Å². The van der Waals surface area contributed by atoms with Gasteiger partial charge in [-0.25, -0.2) is 0 Å². The third kappa shape index (κ3) is 6.06. The lowest BCUT2D eigenvalue weighted by Crippen LogP contribution is -2.17. The Bertz CT molecular complexity index is 272. The van der Waals surface area contributed by atoms with E-state index in [0.717, 1.165) is 5.56 Å². The monoisotopic (exact) mass is 218 g/mol. The second-order valence-electron chi connectivity index (χ2n) is 3.25. The zero-order valence-corrected chi connectivity index (χ0v) is 8.22. The van der Waals surface area contributed by atoms with Gasteiger partial charge in [-0.15, -0.1) is 0 Å². The van der Waals surface area contributed by atoms with Gasteiger partial charge >= 0.3 is 6.18 Å². The van der Waals surface area contributed by atoms with Crippen LogP contribution in [0.4, 0.5) is 13.2 Å². The SMILES string of the molecule is FC(F)(F)CCCNCc1ccncc1. The molecule has 1 heterocycles. The Balaban J connectivity index is 2.08. The van der Waals surface area contributed by atoms with Crippen molar-refractivity contribution >= 4 is 0 Å². The quantitative estimate of drug-likeness (QED) is 0.768. The van der Waals surface area contributed by atoms with Gasteiger partial charge in [0.05, 0.1) is 0 Å². The predicted molar refractivity (Wildman–Crippen MR) is 51.2 cm³/mol. The van der Waals surface area contributed by atoms with Crippen LogP contribution in [-0.4, -0.2) is 17.7 Å². The largest absolute Gasteiger partial charge is 0.389 e. The number of nitrogens with zero attached hydrogens (tertiary/aromatic N) is 1. The molecule has 84 valence electrons. The molecule has 1 rings (SSSR count). The molecule has 0 atom stereocenters. The van der Waals surface area contributed by atoms with Crippen molar-refractivity contribution in [3.05, 3.63) is 30.1 Å². The summed E-state index contributed by atoms with van der Waals surface area (Å²) in [4.78, 5) is 3.85.